The van der Waals surface area contributed by atoms with Crippen molar-refractivity contribution in [3.05, 3.63) is 35.5 Å². The summed E-state index contributed by atoms with van der Waals surface area (Å²) in [5.41, 5.74) is 9.20. The summed E-state index contributed by atoms with van der Waals surface area (Å²) in [4.78, 5) is 15.0. The summed E-state index contributed by atoms with van der Waals surface area (Å²) >= 11 is 0. The van der Waals surface area contributed by atoms with Crippen molar-refractivity contribution in [1.82, 2.24) is 4.98 Å². The van der Waals surface area contributed by atoms with Gasteiger partial charge in [0.05, 0.1) is 7.11 Å². The lowest BCUT2D eigenvalue weighted by Gasteiger charge is -2.20. The number of rotatable bonds is 3. The minimum absolute atomic E-state index is 0.0375. The zero-order valence-corrected chi connectivity index (χ0v) is 12.5. The monoisotopic (exact) mass is 274 g/mol. The van der Waals surface area contributed by atoms with Gasteiger partial charge in [-0.15, -0.1) is 0 Å². The molecule has 1 unspecified atom stereocenters. The Morgan fingerprint density at radius 1 is 1.35 bits per heavy atom. The van der Waals surface area contributed by atoms with Crippen molar-refractivity contribution in [3.63, 3.8) is 0 Å². The summed E-state index contributed by atoms with van der Waals surface area (Å²) in [6, 6.07) is 7.45. The van der Waals surface area contributed by atoms with Gasteiger partial charge in [0, 0.05) is 28.4 Å². The van der Waals surface area contributed by atoms with Gasteiger partial charge >= 0.3 is 5.97 Å². The summed E-state index contributed by atoms with van der Waals surface area (Å²) in [5.74, 6) is -0.379. The minimum Gasteiger partial charge on any atom is -0.468 e. The predicted octanol–water partition coefficient (Wildman–Crippen LogP) is 2.51. The summed E-state index contributed by atoms with van der Waals surface area (Å²) in [6.07, 6.45) is 0.475. The van der Waals surface area contributed by atoms with Crippen molar-refractivity contribution >= 4 is 16.9 Å². The van der Waals surface area contributed by atoms with E-state index in [1.54, 1.807) is 0 Å². The van der Waals surface area contributed by atoms with Crippen LogP contribution in [0, 0.1) is 0 Å². The van der Waals surface area contributed by atoms with Gasteiger partial charge in [0.15, 0.2) is 0 Å². The number of methoxy groups -OCH3 is 1. The number of carbonyl (C=O) groups is 1. The molecule has 0 aliphatic rings. The van der Waals surface area contributed by atoms with Crippen molar-refractivity contribution in [2.24, 2.45) is 5.73 Å². The first kappa shape index (κ1) is 14.6. The van der Waals surface area contributed by atoms with Crippen LogP contribution < -0.4 is 5.73 Å². The van der Waals surface area contributed by atoms with Gasteiger partial charge < -0.3 is 15.5 Å². The quantitative estimate of drug-likeness (QED) is 0.845. The van der Waals surface area contributed by atoms with Crippen LogP contribution in [0.4, 0.5) is 0 Å². The molecule has 4 nitrogen and oxygen atoms in total. The largest absolute Gasteiger partial charge is 0.468 e. The second-order valence-corrected chi connectivity index (χ2v) is 6.11. The van der Waals surface area contributed by atoms with Crippen LogP contribution in [0.2, 0.25) is 0 Å². The van der Waals surface area contributed by atoms with E-state index in [9.17, 15) is 4.79 Å². The number of nitrogens with one attached hydrogen (secondary N) is 1. The first-order valence-corrected chi connectivity index (χ1v) is 6.78. The molecule has 2 rings (SSSR count). The minimum atomic E-state index is -0.639. The fraction of sp³-hybridized carbons (Fsp3) is 0.438. The maximum absolute atomic E-state index is 11.6. The lowest BCUT2D eigenvalue weighted by molar-refractivity contribution is -0.142. The average molecular weight is 274 g/mol. The van der Waals surface area contributed by atoms with Crippen LogP contribution >= 0.6 is 0 Å². The van der Waals surface area contributed by atoms with E-state index in [0.717, 1.165) is 22.2 Å². The van der Waals surface area contributed by atoms with Gasteiger partial charge in [0.2, 0.25) is 0 Å². The average Bonchev–Trinajstić information content (AvgIpc) is 2.77. The number of ether oxygens (including phenoxy) is 1. The first-order valence-electron chi connectivity index (χ1n) is 6.78. The van der Waals surface area contributed by atoms with E-state index in [4.69, 9.17) is 10.5 Å². The number of fused-ring (bicyclic) bond motifs is 1. The smallest absolute Gasteiger partial charge is 0.322 e. The molecule has 0 bridgehead atoms. The van der Waals surface area contributed by atoms with Gasteiger partial charge in [-0.05, 0) is 11.6 Å². The molecule has 4 heteroatoms. The van der Waals surface area contributed by atoms with E-state index in [1.807, 2.05) is 18.2 Å². The Bertz CT molecular complexity index is 623. The van der Waals surface area contributed by atoms with E-state index in [2.05, 4.69) is 31.8 Å². The molecule has 1 aromatic heterocycles. The summed E-state index contributed by atoms with van der Waals surface area (Å²) < 4.78 is 4.72. The highest BCUT2D eigenvalue weighted by Gasteiger charge is 2.25. The SMILES string of the molecule is COC(=O)C(N)Cc1c(C(C)(C)C)[nH]c2ccccc12. The van der Waals surface area contributed by atoms with Gasteiger partial charge in [0.1, 0.15) is 6.04 Å². The maximum Gasteiger partial charge on any atom is 0.322 e. The number of aromatic nitrogens is 1. The van der Waals surface area contributed by atoms with Crippen LogP contribution in [-0.2, 0) is 21.4 Å². The van der Waals surface area contributed by atoms with Gasteiger partial charge in [-0.3, -0.25) is 4.79 Å². The Morgan fingerprint density at radius 3 is 2.60 bits per heavy atom. The molecule has 0 amide bonds. The molecule has 1 atom stereocenters. The fourth-order valence-corrected chi connectivity index (χ4v) is 2.51. The Kier molecular flexibility index (Phi) is 3.86. The third-order valence-corrected chi connectivity index (χ3v) is 3.49. The van der Waals surface area contributed by atoms with Gasteiger partial charge in [-0.25, -0.2) is 0 Å². The maximum atomic E-state index is 11.6. The van der Waals surface area contributed by atoms with Crippen LogP contribution in [0.1, 0.15) is 32.0 Å². The third-order valence-electron chi connectivity index (χ3n) is 3.49. The van der Waals surface area contributed by atoms with E-state index < -0.39 is 6.04 Å². The van der Waals surface area contributed by atoms with Crippen LogP contribution in [0.3, 0.4) is 0 Å². The molecule has 2 aromatic rings. The molecule has 0 aliphatic heterocycles. The molecule has 0 saturated carbocycles. The lowest BCUT2D eigenvalue weighted by atomic mass is 9.87. The van der Waals surface area contributed by atoms with Gasteiger partial charge in [0.25, 0.3) is 0 Å². The van der Waals surface area contributed by atoms with Crippen molar-refractivity contribution in [2.75, 3.05) is 7.11 Å². The van der Waals surface area contributed by atoms with Crippen LogP contribution in [0.5, 0.6) is 0 Å². The van der Waals surface area contributed by atoms with E-state index in [0.29, 0.717) is 6.42 Å². The Labute approximate surface area is 119 Å². The normalized spacial score (nSPS) is 13.4. The van der Waals surface area contributed by atoms with Crippen molar-refractivity contribution in [2.45, 2.75) is 38.6 Å². The molecule has 3 N–H and O–H groups in total. The van der Waals surface area contributed by atoms with E-state index in [-0.39, 0.29) is 11.4 Å². The highest BCUT2D eigenvalue weighted by Crippen LogP contribution is 2.32. The number of nitrogens with two attached hydrogens (primary N) is 1. The Hall–Kier alpha value is -1.81. The third kappa shape index (κ3) is 2.70. The van der Waals surface area contributed by atoms with E-state index >= 15 is 0 Å². The van der Waals surface area contributed by atoms with Crippen LogP contribution in [-0.4, -0.2) is 24.1 Å². The van der Waals surface area contributed by atoms with E-state index in [1.165, 1.54) is 7.11 Å². The molecule has 0 aliphatic carbocycles. The molecule has 20 heavy (non-hydrogen) atoms. The number of esters is 1. The standard InChI is InChI=1S/C16H22N2O2/c1-16(2,3)14-11(9-12(17)15(19)20-4)10-7-5-6-8-13(10)18-14/h5-8,12,18H,9,17H2,1-4H3. The molecule has 1 aromatic carbocycles. The molecule has 108 valence electrons. The second kappa shape index (κ2) is 5.29. The second-order valence-electron chi connectivity index (χ2n) is 6.11. The Morgan fingerprint density at radius 2 is 2.00 bits per heavy atom. The Balaban J connectivity index is 2.51. The summed E-state index contributed by atoms with van der Waals surface area (Å²) in [6.45, 7) is 6.43. The van der Waals surface area contributed by atoms with Gasteiger partial charge in [-0.2, -0.15) is 0 Å². The highest BCUT2D eigenvalue weighted by molar-refractivity contribution is 5.86. The number of H-pyrrole nitrogens is 1. The number of hydrogen-bond acceptors (Lipinski definition) is 3. The van der Waals surface area contributed by atoms with Crippen LogP contribution in [0.25, 0.3) is 10.9 Å². The molecule has 0 fully saturated rings. The lowest BCUT2D eigenvalue weighted by Crippen LogP contribution is -2.34. The number of aromatic amines is 1. The zero-order valence-electron chi connectivity index (χ0n) is 12.5. The van der Waals surface area contributed by atoms with Crippen molar-refractivity contribution < 1.29 is 9.53 Å². The predicted molar refractivity (Wildman–Crippen MR) is 80.7 cm³/mol. The number of benzene rings is 1. The molecule has 0 radical (unpaired) electrons. The summed E-state index contributed by atoms with van der Waals surface area (Å²) in [7, 11) is 1.36. The fourth-order valence-electron chi connectivity index (χ4n) is 2.51. The van der Waals surface area contributed by atoms with Gasteiger partial charge in [-0.1, -0.05) is 39.0 Å². The number of para-hydroxylation sites is 1. The first-order chi connectivity index (χ1) is 9.34. The molecular weight excluding hydrogens is 252 g/mol. The van der Waals surface area contributed by atoms with Crippen molar-refractivity contribution in [1.29, 1.82) is 0 Å². The number of hydrogen-bond donors (Lipinski definition) is 2. The zero-order chi connectivity index (χ0) is 14.9. The highest BCUT2D eigenvalue weighted by atomic mass is 16.5. The topological polar surface area (TPSA) is 68.1 Å². The van der Waals surface area contributed by atoms with Crippen molar-refractivity contribution in [3.8, 4) is 0 Å². The molecule has 0 saturated heterocycles. The molecular formula is C16H22N2O2. The van der Waals surface area contributed by atoms with Crippen LogP contribution in [0.15, 0.2) is 24.3 Å². The molecule has 1 heterocycles. The number of carbonyl (C=O) groups excluding carboxylic acids is 1. The summed E-state index contributed by atoms with van der Waals surface area (Å²) in [5, 5.41) is 1.12. The molecule has 0 spiro atoms.